The first-order valence-electron chi connectivity index (χ1n) is 5.80. The van der Waals surface area contributed by atoms with Crippen molar-refractivity contribution in [1.29, 1.82) is 0 Å². The number of benzene rings is 1. The molecule has 2 aromatic rings. The van der Waals surface area contributed by atoms with Crippen molar-refractivity contribution in [3.8, 4) is 5.69 Å². The van der Waals surface area contributed by atoms with Crippen LogP contribution >= 0.6 is 0 Å². The second-order valence-corrected chi connectivity index (χ2v) is 3.87. The van der Waals surface area contributed by atoms with Crippen LogP contribution in [-0.2, 0) is 11.3 Å². The second kappa shape index (κ2) is 6.28. The van der Waals surface area contributed by atoms with Gasteiger partial charge in [0.05, 0.1) is 12.3 Å². The normalized spacial score (nSPS) is 10.8. The molecule has 0 bridgehead atoms. The minimum atomic E-state index is -0.278. The van der Waals surface area contributed by atoms with Gasteiger partial charge in [-0.05, 0) is 18.2 Å². The molecule has 1 heterocycles. The molecule has 5 heteroatoms. The summed E-state index contributed by atoms with van der Waals surface area (Å²) in [6.45, 7) is 2.07. The molecule has 96 valence electrons. The Morgan fingerprint density at radius 3 is 2.94 bits per heavy atom. The van der Waals surface area contributed by atoms with Crippen LogP contribution in [0, 0.1) is 5.82 Å². The van der Waals surface area contributed by atoms with Gasteiger partial charge in [0.15, 0.2) is 0 Å². The molecule has 0 unspecified atom stereocenters. The molecule has 0 spiro atoms. The number of nitrogens with zero attached hydrogens (tertiary/aromatic N) is 2. The molecule has 0 aliphatic rings. The molecule has 0 fully saturated rings. The van der Waals surface area contributed by atoms with E-state index in [2.05, 4.69) is 10.4 Å². The van der Waals surface area contributed by atoms with Gasteiger partial charge in [-0.3, -0.25) is 0 Å². The van der Waals surface area contributed by atoms with Crippen molar-refractivity contribution in [1.82, 2.24) is 15.1 Å². The molecule has 0 radical (unpaired) electrons. The van der Waals surface area contributed by atoms with Crippen molar-refractivity contribution in [3.63, 3.8) is 0 Å². The van der Waals surface area contributed by atoms with Crippen molar-refractivity contribution >= 4 is 0 Å². The van der Waals surface area contributed by atoms with E-state index in [9.17, 15) is 4.39 Å². The van der Waals surface area contributed by atoms with Gasteiger partial charge in [0.1, 0.15) is 11.5 Å². The fourth-order valence-electron chi connectivity index (χ4n) is 1.62. The highest BCUT2D eigenvalue weighted by Crippen LogP contribution is 2.11. The third kappa shape index (κ3) is 3.15. The number of hydrogen-bond acceptors (Lipinski definition) is 3. The summed E-state index contributed by atoms with van der Waals surface area (Å²) in [6, 6.07) is 8.44. The van der Waals surface area contributed by atoms with E-state index in [1.165, 1.54) is 6.07 Å². The third-order valence-corrected chi connectivity index (χ3v) is 2.53. The molecule has 0 saturated heterocycles. The Bertz CT molecular complexity index is 498. The maximum Gasteiger partial charge on any atom is 0.148 e. The number of aromatic nitrogens is 2. The Morgan fingerprint density at radius 2 is 2.17 bits per heavy atom. The summed E-state index contributed by atoms with van der Waals surface area (Å²) in [5, 5.41) is 7.50. The lowest BCUT2D eigenvalue weighted by Gasteiger charge is -2.03. The molecular formula is C13H16FN3O. The SMILES string of the molecule is COCCNCc1ccn(-c2ccccc2F)n1. The van der Waals surface area contributed by atoms with Gasteiger partial charge in [-0.1, -0.05) is 12.1 Å². The molecule has 1 N–H and O–H groups in total. The van der Waals surface area contributed by atoms with E-state index in [0.29, 0.717) is 18.8 Å². The highest BCUT2D eigenvalue weighted by molar-refractivity contribution is 5.32. The van der Waals surface area contributed by atoms with Gasteiger partial charge in [0.2, 0.25) is 0 Å². The smallest absolute Gasteiger partial charge is 0.148 e. The van der Waals surface area contributed by atoms with E-state index in [1.807, 2.05) is 6.07 Å². The Morgan fingerprint density at radius 1 is 1.33 bits per heavy atom. The van der Waals surface area contributed by atoms with Crippen LogP contribution in [0.25, 0.3) is 5.69 Å². The first-order chi connectivity index (χ1) is 8.81. The van der Waals surface area contributed by atoms with Crippen LogP contribution in [-0.4, -0.2) is 30.0 Å². The van der Waals surface area contributed by atoms with Gasteiger partial charge in [-0.2, -0.15) is 5.10 Å². The summed E-state index contributed by atoms with van der Waals surface area (Å²) >= 11 is 0. The predicted octanol–water partition coefficient (Wildman–Crippen LogP) is 1.75. The predicted molar refractivity (Wildman–Crippen MR) is 67.1 cm³/mol. The van der Waals surface area contributed by atoms with E-state index >= 15 is 0 Å². The molecule has 0 atom stereocenters. The summed E-state index contributed by atoms with van der Waals surface area (Å²) in [7, 11) is 1.66. The van der Waals surface area contributed by atoms with Crippen molar-refractivity contribution < 1.29 is 9.13 Å². The van der Waals surface area contributed by atoms with E-state index in [1.54, 1.807) is 36.2 Å². The van der Waals surface area contributed by atoms with Crippen LogP contribution in [0.2, 0.25) is 0 Å². The van der Waals surface area contributed by atoms with E-state index in [-0.39, 0.29) is 5.82 Å². The Kier molecular flexibility index (Phi) is 4.44. The fourth-order valence-corrected chi connectivity index (χ4v) is 1.62. The largest absolute Gasteiger partial charge is 0.383 e. The van der Waals surface area contributed by atoms with Crippen molar-refractivity contribution in [2.45, 2.75) is 6.54 Å². The zero-order valence-corrected chi connectivity index (χ0v) is 10.3. The molecule has 4 nitrogen and oxygen atoms in total. The second-order valence-electron chi connectivity index (χ2n) is 3.87. The molecule has 0 saturated carbocycles. The standard InChI is InChI=1S/C13H16FN3O/c1-18-9-7-15-10-11-6-8-17(16-11)13-5-3-2-4-12(13)14/h2-6,8,15H,7,9-10H2,1H3. The van der Waals surface area contributed by atoms with Crippen molar-refractivity contribution in [3.05, 3.63) is 48.0 Å². The lowest BCUT2D eigenvalue weighted by molar-refractivity contribution is 0.199. The summed E-state index contributed by atoms with van der Waals surface area (Å²) in [5.41, 5.74) is 1.33. The molecule has 18 heavy (non-hydrogen) atoms. The van der Waals surface area contributed by atoms with Gasteiger partial charge >= 0.3 is 0 Å². The number of para-hydroxylation sites is 1. The maximum absolute atomic E-state index is 13.5. The lowest BCUT2D eigenvalue weighted by Crippen LogP contribution is -2.18. The molecule has 1 aromatic carbocycles. The number of methoxy groups -OCH3 is 1. The van der Waals surface area contributed by atoms with E-state index in [4.69, 9.17) is 4.74 Å². The minimum Gasteiger partial charge on any atom is -0.383 e. The first kappa shape index (κ1) is 12.7. The van der Waals surface area contributed by atoms with Crippen LogP contribution < -0.4 is 5.32 Å². The molecule has 0 aliphatic heterocycles. The van der Waals surface area contributed by atoms with Gasteiger partial charge in [-0.15, -0.1) is 0 Å². The maximum atomic E-state index is 13.5. The Labute approximate surface area is 105 Å². The number of halogens is 1. The topological polar surface area (TPSA) is 39.1 Å². The van der Waals surface area contributed by atoms with Crippen LogP contribution in [0.1, 0.15) is 5.69 Å². The van der Waals surface area contributed by atoms with Crippen molar-refractivity contribution in [2.75, 3.05) is 20.3 Å². The molecule has 1 aromatic heterocycles. The quantitative estimate of drug-likeness (QED) is 0.793. The van der Waals surface area contributed by atoms with E-state index < -0.39 is 0 Å². The van der Waals surface area contributed by atoms with Crippen LogP contribution in [0.15, 0.2) is 36.5 Å². The lowest BCUT2D eigenvalue weighted by atomic mass is 10.3. The highest BCUT2D eigenvalue weighted by atomic mass is 19.1. The minimum absolute atomic E-state index is 0.278. The van der Waals surface area contributed by atoms with Gasteiger partial charge in [0.25, 0.3) is 0 Å². The van der Waals surface area contributed by atoms with Crippen LogP contribution in [0.5, 0.6) is 0 Å². The number of rotatable bonds is 6. The first-order valence-corrected chi connectivity index (χ1v) is 5.80. The Balaban J connectivity index is 2.00. The summed E-state index contributed by atoms with van der Waals surface area (Å²) in [4.78, 5) is 0. The summed E-state index contributed by atoms with van der Waals surface area (Å²) in [5.74, 6) is -0.278. The van der Waals surface area contributed by atoms with Gasteiger partial charge in [0, 0.05) is 26.4 Å². The average Bonchev–Trinajstić information content (AvgIpc) is 2.84. The summed E-state index contributed by atoms with van der Waals surface area (Å²) in [6.07, 6.45) is 1.76. The van der Waals surface area contributed by atoms with Gasteiger partial charge < -0.3 is 10.1 Å². The number of hydrogen-bond donors (Lipinski definition) is 1. The highest BCUT2D eigenvalue weighted by Gasteiger charge is 2.05. The zero-order chi connectivity index (χ0) is 12.8. The molecular weight excluding hydrogens is 233 g/mol. The van der Waals surface area contributed by atoms with Crippen LogP contribution in [0.3, 0.4) is 0 Å². The fraction of sp³-hybridized carbons (Fsp3) is 0.308. The molecule has 0 amide bonds. The molecule has 2 rings (SSSR count). The van der Waals surface area contributed by atoms with Crippen molar-refractivity contribution in [2.24, 2.45) is 0 Å². The molecule has 0 aliphatic carbocycles. The number of nitrogens with one attached hydrogen (secondary N) is 1. The summed E-state index contributed by atoms with van der Waals surface area (Å²) < 4.78 is 20.0. The van der Waals surface area contributed by atoms with Gasteiger partial charge in [-0.25, -0.2) is 9.07 Å². The number of ether oxygens (including phenoxy) is 1. The monoisotopic (exact) mass is 249 g/mol. The Hall–Kier alpha value is -1.72. The van der Waals surface area contributed by atoms with E-state index in [0.717, 1.165) is 12.2 Å². The zero-order valence-electron chi connectivity index (χ0n) is 10.3. The van der Waals surface area contributed by atoms with Crippen LogP contribution in [0.4, 0.5) is 4.39 Å². The average molecular weight is 249 g/mol. The third-order valence-electron chi connectivity index (χ3n) is 2.53.